The van der Waals surface area contributed by atoms with E-state index in [1.54, 1.807) is 6.08 Å². The average Bonchev–Trinajstić information content (AvgIpc) is 2.53. The van der Waals surface area contributed by atoms with E-state index in [1.165, 1.54) is 0 Å². The molecule has 1 N–H and O–H groups in total. The van der Waals surface area contributed by atoms with Crippen LogP contribution in [0.5, 0.6) is 0 Å². The fourth-order valence-corrected chi connectivity index (χ4v) is 2.95. The predicted molar refractivity (Wildman–Crippen MR) is 69.9 cm³/mol. The first-order valence-corrected chi connectivity index (χ1v) is 6.76. The molecular formula is C14H22N2O2. The lowest BCUT2D eigenvalue weighted by molar-refractivity contribution is -0.129. The van der Waals surface area contributed by atoms with Crippen molar-refractivity contribution >= 4 is 11.8 Å². The van der Waals surface area contributed by atoms with E-state index >= 15 is 0 Å². The van der Waals surface area contributed by atoms with Crippen LogP contribution in [0.25, 0.3) is 0 Å². The van der Waals surface area contributed by atoms with E-state index in [0.29, 0.717) is 6.54 Å². The zero-order valence-corrected chi connectivity index (χ0v) is 11.3. The Morgan fingerprint density at radius 2 is 2.06 bits per heavy atom. The molecule has 0 aromatic heterocycles. The Hall–Kier alpha value is -1.32. The summed E-state index contributed by atoms with van der Waals surface area (Å²) in [6.45, 7) is 6.14. The second-order valence-corrected chi connectivity index (χ2v) is 5.69. The molecule has 0 unspecified atom stereocenters. The minimum atomic E-state index is -0.194. The lowest BCUT2D eigenvalue weighted by Gasteiger charge is -2.24. The quantitative estimate of drug-likeness (QED) is 0.716. The number of likely N-dealkylation sites (tertiary alicyclic amines) is 1. The van der Waals surface area contributed by atoms with Crippen molar-refractivity contribution in [3.8, 4) is 0 Å². The molecule has 0 aliphatic carbocycles. The van der Waals surface area contributed by atoms with Crippen LogP contribution in [0.1, 0.15) is 39.5 Å². The third kappa shape index (κ3) is 2.57. The van der Waals surface area contributed by atoms with Gasteiger partial charge < -0.3 is 10.2 Å². The van der Waals surface area contributed by atoms with Crippen LogP contribution in [0.2, 0.25) is 0 Å². The fraction of sp³-hybridized carbons (Fsp3) is 0.714. The number of amides is 2. The number of carbonyl (C=O) groups excluding carboxylic acids is 2. The maximum absolute atomic E-state index is 12.0. The maximum atomic E-state index is 12.0. The summed E-state index contributed by atoms with van der Waals surface area (Å²) in [5.74, 6) is 0.282. The summed E-state index contributed by atoms with van der Waals surface area (Å²) in [6.07, 6.45) is 5.26. The van der Waals surface area contributed by atoms with Gasteiger partial charge in [-0.05, 0) is 39.5 Å². The molecule has 18 heavy (non-hydrogen) atoms. The van der Waals surface area contributed by atoms with Crippen molar-refractivity contribution in [1.29, 1.82) is 0 Å². The molecule has 0 radical (unpaired) electrons. The number of hydrogen-bond acceptors (Lipinski definition) is 2. The van der Waals surface area contributed by atoms with Gasteiger partial charge in [-0.3, -0.25) is 9.59 Å². The minimum absolute atomic E-state index is 0.0884. The average molecular weight is 250 g/mol. The summed E-state index contributed by atoms with van der Waals surface area (Å²) >= 11 is 0. The second kappa shape index (κ2) is 5.12. The monoisotopic (exact) mass is 250 g/mol. The lowest BCUT2D eigenvalue weighted by Crippen LogP contribution is -2.34. The molecule has 2 aliphatic rings. The van der Waals surface area contributed by atoms with E-state index < -0.39 is 0 Å². The Kier molecular flexibility index (Phi) is 3.73. The second-order valence-electron chi connectivity index (χ2n) is 5.69. The van der Waals surface area contributed by atoms with Gasteiger partial charge in [-0.25, -0.2) is 0 Å². The zero-order valence-electron chi connectivity index (χ0n) is 11.3. The first-order valence-electron chi connectivity index (χ1n) is 6.76. The Labute approximate surface area is 108 Å². The first kappa shape index (κ1) is 13.1. The topological polar surface area (TPSA) is 49.4 Å². The third-order valence-corrected chi connectivity index (χ3v) is 4.04. The standard InChI is InChI=1S/C14H22N2O2/c1-11(2)10-12(17)16-8-3-4-14(6-9-16)5-7-15-13(14)18/h10H,3-9H2,1-2H3,(H,15,18)/t14-/m0/s1. The van der Waals surface area contributed by atoms with Gasteiger partial charge in [0.2, 0.25) is 11.8 Å². The third-order valence-electron chi connectivity index (χ3n) is 4.04. The van der Waals surface area contributed by atoms with Crippen molar-refractivity contribution in [2.75, 3.05) is 19.6 Å². The summed E-state index contributed by atoms with van der Waals surface area (Å²) < 4.78 is 0. The van der Waals surface area contributed by atoms with Crippen molar-refractivity contribution in [2.24, 2.45) is 5.41 Å². The molecule has 1 spiro atoms. The molecule has 1 atom stereocenters. The van der Waals surface area contributed by atoms with Crippen LogP contribution in [-0.2, 0) is 9.59 Å². The van der Waals surface area contributed by atoms with E-state index in [2.05, 4.69) is 5.32 Å². The van der Waals surface area contributed by atoms with Crippen LogP contribution in [-0.4, -0.2) is 36.3 Å². The Balaban J connectivity index is 2.03. The van der Waals surface area contributed by atoms with Gasteiger partial charge in [0.25, 0.3) is 0 Å². The van der Waals surface area contributed by atoms with Crippen LogP contribution < -0.4 is 5.32 Å². The molecule has 100 valence electrons. The van der Waals surface area contributed by atoms with E-state index in [9.17, 15) is 9.59 Å². The lowest BCUT2D eigenvalue weighted by atomic mass is 9.79. The molecule has 0 aromatic carbocycles. The molecular weight excluding hydrogens is 228 g/mol. The molecule has 2 aliphatic heterocycles. The van der Waals surface area contributed by atoms with Gasteiger partial charge in [0.15, 0.2) is 0 Å². The van der Waals surface area contributed by atoms with E-state index in [1.807, 2.05) is 18.7 Å². The number of rotatable bonds is 1. The molecule has 0 saturated carbocycles. The summed E-state index contributed by atoms with van der Waals surface area (Å²) in [7, 11) is 0. The molecule has 2 amide bonds. The molecule has 2 heterocycles. The molecule has 0 bridgehead atoms. The zero-order chi connectivity index (χ0) is 13.2. The Bertz CT molecular complexity index is 385. The predicted octanol–water partition coefficient (Wildman–Crippen LogP) is 1.47. The van der Waals surface area contributed by atoms with Crippen LogP contribution in [0.4, 0.5) is 0 Å². The fourth-order valence-electron chi connectivity index (χ4n) is 2.95. The number of nitrogens with one attached hydrogen (secondary N) is 1. The van der Waals surface area contributed by atoms with Gasteiger partial charge in [0, 0.05) is 25.7 Å². The highest BCUT2D eigenvalue weighted by molar-refractivity contribution is 5.88. The van der Waals surface area contributed by atoms with Crippen LogP contribution in [0.15, 0.2) is 11.6 Å². The highest BCUT2D eigenvalue weighted by Crippen LogP contribution is 2.37. The summed E-state index contributed by atoms with van der Waals surface area (Å²) in [5.41, 5.74) is 0.831. The van der Waals surface area contributed by atoms with Gasteiger partial charge in [-0.1, -0.05) is 5.57 Å². The molecule has 0 aromatic rings. The Morgan fingerprint density at radius 1 is 1.28 bits per heavy atom. The summed E-state index contributed by atoms with van der Waals surface area (Å²) in [6, 6.07) is 0. The number of nitrogens with zero attached hydrogens (tertiary/aromatic N) is 1. The number of allylic oxidation sites excluding steroid dienone is 1. The normalized spacial score (nSPS) is 27.9. The molecule has 2 fully saturated rings. The van der Waals surface area contributed by atoms with Crippen LogP contribution in [0, 0.1) is 5.41 Å². The highest BCUT2D eigenvalue weighted by Gasteiger charge is 2.43. The maximum Gasteiger partial charge on any atom is 0.246 e. The Morgan fingerprint density at radius 3 is 2.67 bits per heavy atom. The molecule has 2 rings (SSSR count). The van der Waals surface area contributed by atoms with Gasteiger partial charge in [-0.15, -0.1) is 0 Å². The molecule has 4 heteroatoms. The van der Waals surface area contributed by atoms with E-state index in [4.69, 9.17) is 0 Å². The first-order chi connectivity index (χ1) is 8.53. The molecule has 2 saturated heterocycles. The van der Waals surface area contributed by atoms with Gasteiger partial charge in [0.1, 0.15) is 0 Å². The SMILES string of the molecule is CC(C)=CC(=O)N1CCC[C@]2(CCNC2=O)CC1. The number of carbonyl (C=O) groups is 2. The minimum Gasteiger partial charge on any atom is -0.356 e. The van der Waals surface area contributed by atoms with Crippen molar-refractivity contribution in [1.82, 2.24) is 10.2 Å². The largest absolute Gasteiger partial charge is 0.356 e. The van der Waals surface area contributed by atoms with E-state index in [0.717, 1.165) is 44.3 Å². The molecule has 4 nitrogen and oxygen atoms in total. The van der Waals surface area contributed by atoms with Crippen molar-refractivity contribution in [3.05, 3.63) is 11.6 Å². The smallest absolute Gasteiger partial charge is 0.246 e. The van der Waals surface area contributed by atoms with Crippen molar-refractivity contribution in [3.63, 3.8) is 0 Å². The summed E-state index contributed by atoms with van der Waals surface area (Å²) in [4.78, 5) is 25.8. The van der Waals surface area contributed by atoms with Gasteiger partial charge in [-0.2, -0.15) is 0 Å². The van der Waals surface area contributed by atoms with Crippen LogP contribution >= 0.6 is 0 Å². The van der Waals surface area contributed by atoms with Crippen molar-refractivity contribution in [2.45, 2.75) is 39.5 Å². The highest BCUT2D eigenvalue weighted by atomic mass is 16.2. The van der Waals surface area contributed by atoms with E-state index in [-0.39, 0.29) is 17.2 Å². The number of hydrogen-bond donors (Lipinski definition) is 1. The van der Waals surface area contributed by atoms with Gasteiger partial charge >= 0.3 is 0 Å². The summed E-state index contributed by atoms with van der Waals surface area (Å²) in [5, 5.41) is 2.93. The van der Waals surface area contributed by atoms with Crippen LogP contribution in [0.3, 0.4) is 0 Å². The van der Waals surface area contributed by atoms with Crippen molar-refractivity contribution < 1.29 is 9.59 Å². The van der Waals surface area contributed by atoms with Gasteiger partial charge in [0.05, 0.1) is 5.41 Å².